The number of urea groups is 1. The molecular formula is C24H35N5O5. The van der Waals surface area contributed by atoms with Gasteiger partial charge in [-0.25, -0.2) is 4.79 Å². The van der Waals surface area contributed by atoms with Crippen molar-refractivity contribution in [3.63, 3.8) is 0 Å². The molecule has 0 spiro atoms. The normalized spacial score (nSPS) is 22.3. The molecule has 1 aromatic carbocycles. The van der Waals surface area contributed by atoms with Gasteiger partial charge in [0.1, 0.15) is 23.7 Å². The number of anilines is 2. The molecule has 0 unspecified atom stereocenters. The number of fused-ring (bicyclic) bond motifs is 1. The summed E-state index contributed by atoms with van der Waals surface area (Å²) < 4.78 is 16.9. The topological polar surface area (TPSA) is 109 Å². The van der Waals surface area contributed by atoms with E-state index in [1.165, 1.54) is 0 Å². The first-order chi connectivity index (χ1) is 16.1. The van der Waals surface area contributed by atoms with E-state index in [0.29, 0.717) is 47.3 Å². The van der Waals surface area contributed by atoms with E-state index in [1.807, 2.05) is 0 Å². The summed E-state index contributed by atoms with van der Waals surface area (Å²) in [5, 5.41) is 9.36. The Labute approximate surface area is 200 Å². The molecule has 0 aliphatic carbocycles. The second kappa shape index (κ2) is 10.9. The number of methoxy groups -OCH3 is 1. The summed E-state index contributed by atoms with van der Waals surface area (Å²) in [6, 6.07) is 4.68. The summed E-state index contributed by atoms with van der Waals surface area (Å²) in [6.45, 7) is 9.32. The Morgan fingerprint density at radius 3 is 2.56 bits per heavy atom. The molecular weight excluding hydrogens is 438 g/mol. The lowest BCUT2D eigenvalue weighted by atomic mass is 10.0. The minimum absolute atomic E-state index is 0.0960. The first-order valence-corrected chi connectivity index (χ1v) is 11.4. The summed E-state index contributed by atoms with van der Waals surface area (Å²) >= 11 is 0. The summed E-state index contributed by atoms with van der Waals surface area (Å²) in [7, 11) is 5.49. The monoisotopic (exact) mass is 473 g/mol. The van der Waals surface area contributed by atoms with Gasteiger partial charge in [-0.1, -0.05) is 12.1 Å². The van der Waals surface area contributed by atoms with Crippen molar-refractivity contribution in [3.8, 4) is 5.75 Å². The van der Waals surface area contributed by atoms with E-state index in [0.717, 1.165) is 6.54 Å². The smallest absolute Gasteiger partial charge is 0.323 e. The van der Waals surface area contributed by atoms with Crippen molar-refractivity contribution >= 4 is 23.3 Å². The zero-order valence-electron chi connectivity index (χ0n) is 21.0. The average Bonchev–Trinajstić information content (AvgIpc) is 3.11. The van der Waals surface area contributed by atoms with Crippen LogP contribution in [-0.2, 0) is 4.74 Å². The fourth-order valence-corrected chi connectivity index (χ4v) is 3.97. The van der Waals surface area contributed by atoms with Crippen molar-refractivity contribution in [1.29, 1.82) is 0 Å². The SMILES string of the molecule is CO[C@H]1CN(C)C(=O)c2ccc(NC(=O)Nc3c(C)noc3C)cc2OC[C@@H](C)N(C)C[C@@H]1C. The number of nitrogens with one attached hydrogen (secondary N) is 2. The minimum Gasteiger partial charge on any atom is -0.491 e. The Kier molecular flexibility index (Phi) is 8.16. The van der Waals surface area contributed by atoms with Crippen LogP contribution in [0.4, 0.5) is 16.2 Å². The van der Waals surface area contributed by atoms with Crippen LogP contribution in [0.25, 0.3) is 0 Å². The summed E-state index contributed by atoms with van der Waals surface area (Å²) in [5.41, 5.74) is 2.03. The third kappa shape index (κ3) is 5.87. The highest BCUT2D eigenvalue weighted by atomic mass is 16.5. The Balaban J connectivity index is 1.85. The Morgan fingerprint density at radius 1 is 1.18 bits per heavy atom. The number of rotatable bonds is 3. The second-order valence-electron chi connectivity index (χ2n) is 9.03. The molecule has 1 aliphatic rings. The molecule has 0 saturated carbocycles. The van der Waals surface area contributed by atoms with Crippen molar-refractivity contribution in [2.75, 3.05) is 51.5 Å². The Hall–Kier alpha value is -3.11. The van der Waals surface area contributed by atoms with Gasteiger partial charge < -0.3 is 29.5 Å². The van der Waals surface area contributed by atoms with E-state index >= 15 is 0 Å². The molecule has 2 N–H and O–H groups in total. The maximum atomic E-state index is 13.2. The number of aryl methyl sites for hydroxylation is 2. The molecule has 10 nitrogen and oxygen atoms in total. The Morgan fingerprint density at radius 2 is 1.91 bits per heavy atom. The molecule has 0 fully saturated rings. The van der Waals surface area contributed by atoms with Crippen LogP contribution < -0.4 is 15.4 Å². The van der Waals surface area contributed by atoms with Crippen molar-refractivity contribution in [1.82, 2.24) is 15.0 Å². The molecule has 186 valence electrons. The molecule has 0 radical (unpaired) electrons. The van der Waals surface area contributed by atoms with Gasteiger partial charge in [-0.2, -0.15) is 0 Å². The van der Waals surface area contributed by atoms with Crippen molar-refractivity contribution < 1.29 is 23.6 Å². The van der Waals surface area contributed by atoms with Gasteiger partial charge in [-0.3, -0.25) is 9.69 Å². The number of amides is 3. The third-order valence-electron chi connectivity index (χ3n) is 6.29. The largest absolute Gasteiger partial charge is 0.491 e. The molecule has 2 heterocycles. The van der Waals surface area contributed by atoms with Gasteiger partial charge >= 0.3 is 6.03 Å². The van der Waals surface area contributed by atoms with E-state index in [1.54, 1.807) is 51.1 Å². The fraction of sp³-hybridized carbons (Fsp3) is 0.542. The second-order valence-corrected chi connectivity index (χ2v) is 9.03. The maximum absolute atomic E-state index is 13.2. The molecule has 0 saturated heterocycles. The lowest BCUT2D eigenvalue weighted by Gasteiger charge is -2.34. The molecule has 34 heavy (non-hydrogen) atoms. The number of likely N-dealkylation sites (N-methyl/N-ethyl adjacent to an activating group) is 2. The van der Waals surface area contributed by atoms with Crippen LogP contribution in [-0.4, -0.2) is 79.9 Å². The number of carbonyl (C=O) groups is 2. The maximum Gasteiger partial charge on any atom is 0.323 e. The van der Waals surface area contributed by atoms with E-state index < -0.39 is 6.03 Å². The van der Waals surface area contributed by atoms with E-state index in [4.69, 9.17) is 14.0 Å². The number of hydrogen-bond donors (Lipinski definition) is 2. The van der Waals surface area contributed by atoms with Gasteiger partial charge in [0.2, 0.25) is 0 Å². The number of hydrogen-bond acceptors (Lipinski definition) is 7. The van der Waals surface area contributed by atoms with Gasteiger partial charge in [0.15, 0.2) is 5.76 Å². The number of carbonyl (C=O) groups excluding carboxylic acids is 2. The van der Waals surface area contributed by atoms with Crippen molar-refractivity contribution in [2.24, 2.45) is 5.92 Å². The van der Waals surface area contributed by atoms with E-state index in [9.17, 15) is 9.59 Å². The van der Waals surface area contributed by atoms with Crippen LogP contribution in [0.15, 0.2) is 22.7 Å². The zero-order chi connectivity index (χ0) is 25.0. The summed E-state index contributed by atoms with van der Waals surface area (Å²) in [4.78, 5) is 29.7. The van der Waals surface area contributed by atoms with Gasteiger partial charge in [0.25, 0.3) is 5.91 Å². The number of nitrogens with zero attached hydrogens (tertiary/aromatic N) is 3. The minimum atomic E-state index is -0.448. The van der Waals surface area contributed by atoms with E-state index in [2.05, 4.69) is 41.6 Å². The molecule has 3 atom stereocenters. The first-order valence-electron chi connectivity index (χ1n) is 11.4. The predicted molar refractivity (Wildman–Crippen MR) is 130 cm³/mol. The third-order valence-corrected chi connectivity index (χ3v) is 6.29. The highest BCUT2D eigenvalue weighted by molar-refractivity contribution is 6.02. The molecule has 3 rings (SSSR count). The first kappa shape index (κ1) is 25.5. The van der Waals surface area contributed by atoms with Crippen LogP contribution in [0.3, 0.4) is 0 Å². The molecule has 1 aliphatic heterocycles. The van der Waals surface area contributed by atoms with Crippen molar-refractivity contribution in [2.45, 2.75) is 39.8 Å². The summed E-state index contributed by atoms with van der Waals surface area (Å²) in [5.74, 6) is 0.991. The Bertz CT molecular complexity index is 1000. The highest BCUT2D eigenvalue weighted by Gasteiger charge is 2.27. The highest BCUT2D eigenvalue weighted by Crippen LogP contribution is 2.27. The van der Waals surface area contributed by atoms with E-state index in [-0.39, 0.29) is 24.0 Å². The predicted octanol–water partition coefficient (Wildman–Crippen LogP) is 3.37. The van der Waals surface area contributed by atoms with Gasteiger partial charge in [0, 0.05) is 45.0 Å². The molecule has 0 bridgehead atoms. The summed E-state index contributed by atoms with van der Waals surface area (Å²) in [6.07, 6.45) is -0.0960. The molecule has 3 amide bonds. The van der Waals surface area contributed by atoms with Crippen LogP contribution in [0.2, 0.25) is 0 Å². The molecule has 10 heteroatoms. The quantitative estimate of drug-likeness (QED) is 0.703. The molecule has 1 aromatic heterocycles. The molecule has 2 aromatic rings. The van der Waals surface area contributed by atoms with Crippen molar-refractivity contribution in [3.05, 3.63) is 35.2 Å². The van der Waals surface area contributed by atoms with Gasteiger partial charge in [-0.15, -0.1) is 0 Å². The number of ether oxygens (including phenoxy) is 2. The average molecular weight is 474 g/mol. The lowest BCUT2D eigenvalue weighted by Crippen LogP contribution is -2.45. The van der Waals surface area contributed by atoms with Gasteiger partial charge in [0.05, 0.1) is 11.7 Å². The zero-order valence-corrected chi connectivity index (χ0v) is 21.0. The van der Waals surface area contributed by atoms with Crippen LogP contribution in [0.1, 0.15) is 35.7 Å². The van der Waals surface area contributed by atoms with Crippen LogP contribution >= 0.6 is 0 Å². The number of benzene rings is 1. The fourth-order valence-electron chi connectivity index (χ4n) is 3.97. The van der Waals surface area contributed by atoms with Gasteiger partial charge in [-0.05, 0) is 45.9 Å². The van der Waals surface area contributed by atoms with Crippen LogP contribution in [0.5, 0.6) is 5.75 Å². The standard InChI is InChI=1S/C24H35N5O5/c1-14-11-28(5)15(2)13-33-20-10-18(25-24(31)26-22-16(3)27-34-17(22)4)8-9-19(20)23(30)29(6)12-21(14)32-7/h8-10,14-15,21H,11-13H2,1-7H3,(H2,25,26,31)/t14-,15+,21-/m0/s1. The van der Waals surface area contributed by atoms with Crippen LogP contribution in [0, 0.1) is 19.8 Å². The lowest BCUT2D eigenvalue weighted by molar-refractivity contribution is 0.0150. The number of aromatic nitrogens is 1.